The van der Waals surface area contributed by atoms with Crippen molar-refractivity contribution in [1.29, 1.82) is 0 Å². The summed E-state index contributed by atoms with van der Waals surface area (Å²) >= 11 is 0. The van der Waals surface area contributed by atoms with Gasteiger partial charge < -0.3 is 11.1 Å². The van der Waals surface area contributed by atoms with E-state index in [1.54, 1.807) is 18.3 Å². The van der Waals surface area contributed by atoms with Crippen LogP contribution in [0.15, 0.2) is 18.3 Å². The zero-order valence-electron chi connectivity index (χ0n) is 10.7. The fourth-order valence-corrected chi connectivity index (χ4v) is 2.50. The molecule has 0 radical (unpaired) electrons. The van der Waals surface area contributed by atoms with Crippen molar-refractivity contribution in [2.75, 3.05) is 11.1 Å². The Bertz CT molecular complexity index is 381. The van der Waals surface area contributed by atoms with Crippen molar-refractivity contribution < 1.29 is 4.79 Å². The van der Waals surface area contributed by atoms with E-state index in [2.05, 4.69) is 10.3 Å². The molecule has 18 heavy (non-hydrogen) atoms. The molecule has 1 aromatic heterocycles. The first-order valence-electron chi connectivity index (χ1n) is 6.75. The number of anilines is 2. The molecular weight excluding hydrogens is 226 g/mol. The van der Waals surface area contributed by atoms with Gasteiger partial charge in [-0.25, -0.2) is 4.98 Å². The van der Waals surface area contributed by atoms with Crippen LogP contribution < -0.4 is 11.1 Å². The minimum absolute atomic E-state index is 0.0687. The van der Waals surface area contributed by atoms with E-state index in [1.165, 1.54) is 38.5 Å². The lowest BCUT2D eigenvalue weighted by molar-refractivity contribution is -0.117. The Morgan fingerprint density at radius 3 is 2.61 bits per heavy atom. The Morgan fingerprint density at radius 1 is 1.28 bits per heavy atom. The summed E-state index contributed by atoms with van der Waals surface area (Å²) < 4.78 is 0. The second kappa shape index (κ2) is 6.38. The highest BCUT2D eigenvalue weighted by Gasteiger charge is 2.16. The van der Waals surface area contributed by atoms with Crippen molar-refractivity contribution >= 4 is 17.4 Å². The molecule has 4 heteroatoms. The van der Waals surface area contributed by atoms with Crippen LogP contribution in [0.25, 0.3) is 0 Å². The number of hydrogen-bond acceptors (Lipinski definition) is 3. The van der Waals surface area contributed by atoms with Crippen LogP contribution in [0.3, 0.4) is 0 Å². The number of nitrogens with two attached hydrogens (primary N) is 1. The monoisotopic (exact) mass is 247 g/mol. The van der Waals surface area contributed by atoms with Gasteiger partial charge in [0.25, 0.3) is 0 Å². The fourth-order valence-electron chi connectivity index (χ4n) is 2.50. The molecular formula is C14H21N3O. The predicted octanol–water partition coefficient (Wildman–Crippen LogP) is 2.96. The van der Waals surface area contributed by atoms with E-state index in [0.29, 0.717) is 23.8 Å². The van der Waals surface area contributed by atoms with Gasteiger partial charge in [0.1, 0.15) is 5.82 Å². The second-order valence-electron chi connectivity index (χ2n) is 5.09. The summed E-state index contributed by atoms with van der Waals surface area (Å²) in [6.07, 6.45) is 9.70. The molecule has 1 heterocycles. The minimum atomic E-state index is 0.0687. The van der Waals surface area contributed by atoms with Crippen LogP contribution in [-0.4, -0.2) is 10.9 Å². The Morgan fingerprint density at radius 2 is 2.00 bits per heavy atom. The zero-order valence-corrected chi connectivity index (χ0v) is 10.7. The maximum absolute atomic E-state index is 11.9. The Hall–Kier alpha value is -1.58. The maximum Gasteiger partial charge on any atom is 0.225 e. The maximum atomic E-state index is 11.9. The van der Waals surface area contributed by atoms with E-state index >= 15 is 0 Å². The molecule has 0 bridgehead atoms. The van der Waals surface area contributed by atoms with Crippen molar-refractivity contribution in [1.82, 2.24) is 4.98 Å². The van der Waals surface area contributed by atoms with Crippen molar-refractivity contribution in [3.63, 3.8) is 0 Å². The van der Waals surface area contributed by atoms with Crippen molar-refractivity contribution in [2.24, 2.45) is 5.92 Å². The molecule has 1 aliphatic carbocycles. The van der Waals surface area contributed by atoms with E-state index in [-0.39, 0.29) is 5.91 Å². The number of carbonyl (C=O) groups is 1. The molecule has 4 nitrogen and oxygen atoms in total. The number of aromatic nitrogens is 1. The third kappa shape index (κ3) is 4.02. The number of carbonyl (C=O) groups excluding carboxylic acids is 1. The number of rotatable bonds is 3. The van der Waals surface area contributed by atoms with E-state index in [1.807, 2.05) is 0 Å². The first kappa shape index (κ1) is 12.9. The van der Waals surface area contributed by atoms with Crippen LogP contribution >= 0.6 is 0 Å². The van der Waals surface area contributed by atoms with Gasteiger partial charge in [0.15, 0.2) is 0 Å². The summed E-state index contributed by atoms with van der Waals surface area (Å²) in [6.45, 7) is 0. The molecule has 0 atom stereocenters. The normalized spacial score (nSPS) is 17.1. The highest BCUT2D eigenvalue weighted by Crippen LogP contribution is 2.25. The summed E-state index contributed by atoms with van der Waals surface area (Å²) in [5.41, 5.74) is 6.16. The molecule has 1 saturated carbocycles. The van der Waals surface area contributed by atoms with Gasteiger partial charge in [0.05, 0.1) is 11.9 Å². The lowest BCUT2D eigenvalue weighted by atomic mass is 9.96. The molecule has 1 aliphatic rings. The first-order chi connectivity index (χ1) is 8.74. The number of nitrogens with one attached hydrogen (secondary N) is 1. The molecule has 98 valence electrons. The number of nitrogen functional groups attached to an aromatic ring is 1. The molecule has 0 unspecified atom stereocenters. The summed E-state index contributed by atoms with van der Waals surface area (Å²) in [4.78, 5) is 16.0. The standard InChI is InChI=1S/C14H21N3O/c15-12-7-8-13(16-10-12)17-14(18)9-11-5-3-1-2-4-6-11/h7-8,10-11H,1-6,9,15H2,(H,16,17,18). The van der Waals surface area contributed by atoms with Gasteiger partial charge in [-0.05, 0) is 30.9 Å². The SMILES string of the molecule is Nc1ccc(NC(=O)CC2CCCCCC2)nc1. The Balaban J connectivity index is 1.82. The van der Waals surface area contributed by atoms with Crippen LogP contribution in [-0.2, 0) is 4.79 Å². The van der Waals surface area contributed by atoms with E-state index in [9.17, 15) is 4.79 Å². The van der Waals surface area contributed by atoms with Crippen LogP contribution in [0, 0.1) is 5.92 Å². The fraction of sp³-hybridized carbons (Fsp3) is 0.571. The summed E-state index contributed by atoms with van der Waals surface area (Å²) in [7, 11) is 0. The first-order valence-corrected chi connectivity index (χ1v) is 6.75. The number of nitrogens with zero attached hydrogens (tertiary/aromatic N) is 1. The predicted molar refractivity (Wildman–Crippen MR) is 73.1 cm³/mol. The molecule has 0 aromatic carbocycles. The molecule has 1 amide bonds. The van der Waals surface area contributed by atoms with E-state index < -0.39 is 0 Å². The largest absolute Gasteiger partial charge is 0.397 e. The molecule has 3 N–H and O–H groups in total. The van der Waals surface area contributed by atoms with Crippen molar-refractivity contribution in [3.8, 4) is 0 Å². The summed E-state index contributed by atoms with van der Waals surface area (Å²) in [5, 5.41) is 2.83. The van der Waals surface area contributed by atoms with Crippen LogP contribution in [0.4, 0.5) is 11.5 Å². The van der Waals surface area contributed by atoms with Gasteiger partial charge in [-0.3, -0.25) is 4.79 Å². The molecule has 2 rings (SSSR count). The molecule has 1 fully saturated rings. The Labute approximate surface area is 108 Å². The van der Waals surface area contributed by atoms with Crippen LogP contribution in [0.5, 0.6) is 0 Å². The highest BCUT2D eigenvalue weighted by molar-refractivity contribution is 5.89. The minimum Gasteiger partial charge on any atom is -0.397 e. The van der Waals surface area contributed by atoms with Gasteiger partial charge >= 0.3 is 0 Å². The quantitative estimate of drug-likeness (QED) is 0.807. The number of pyridine rings is 1. The van der Waals surface area contributed by atoms with Gasteiger partial charge in [-0.1, -0.05) is 25.7 Å². The van der Waals surface area contributed by atoms with Crippen LogP contribution in [0.1, 0.15) is 44.9 Å². The number of amides is 1. The third-order valence-electron chi connectivity index (χ3n) is 3.50. The zero-order chi connectivity index (χ0) is 12.8. The molecule has 0 spiro atoms. The van der Waals surface area contributed by atoms with Crippen molar-refractivity contribution in [2.45, 2.75) is 44.9 Å². The average molecular weight is 247 g/mol. The van der Waals surface area contributed by atoms with Gasteiger partial charge in [0, 0.05) is 6.42 Å². The van der Waals surface area contributed by atoms with Gasteiger partial charge in [-0.2, -0.15) is 0 Å². The van der Waals surface area contributed by atoms with Gasteiger partial charge in [0.2, 0.25) is 5.91 Å². The lowest BCUT2D eigenvalue weighted by Gasteiger charge is -2.13. The van der Waals surface area contributed by atoms with E-state index in [4.69, 9.17) is 5.73 Å². The highest BCUT2D eigenvalue weighted by atomic mass is 16.1. The smallest absolute Gasteiger partial charge is 0.225 e. The second-order valence-corrected chi connectivity index (χ2v) is 5.09. The topological polar surface area (TPSA) is 68.0 Å². The van der Waals surface area contributed by atoms with Crippen LogP contribution in [0.2, 0.25) is 0 Å². The Kier molecular flexibility index (Phi) is 4.56. The molecule has 0 saturated heterocycles. The van der Waals surface area contributed by atoms with Gasteiger partial charge in [-0.15, -0.1) is 0 Å². The third-order valence-corrected chi connectivity index (χ3v) is 3.50. The van der Waals surface area contributed by atoms with E-state index in [0.717, 1.165) is 0 Å². The summed E-state index contributed by atoms with van der Waals surface area (Å²) in [5.74, 6) is 1.20. The lowest BCUT2D eigenvalue weighted by Crippen LogP contribution is -2.17. The van der Waals surface area contributed by atoms with Crippen molar-refractivity contribution in [3.05, 3.63) is 18.3 Å². The average Bonchev–Trinajstić information content (AvgIpc) is 2.61. The molecule has 1 aromatic rings. The summed E-state index contributed by atoms with van der Waals surface area (Å²) in [6, 6.07) is 3.48. The molecule has 0 aliphatic heterocycles. The number of hydrogen-bond donors (Lipinski definition) is 2.